The molecule has 0 saturated carbocycles. The first-order chi connectivity index (χ1) is 9.16. The van der Waals surface area contributed by atoms with Crippen LogP contribution >= 0.6 is 0 Å². The largest absolute Gasteiger partial charge is 0.478 e. The van der Waals surface area contributed by atoms with Gasteiger partial charge >= 0.3 is 5.97 Å². The predicted molar refractivity (Wildman–Crippen MR) is 75.8 cm³/mol. The van der Waals surface area contributed by atoms with Gasteiger partial charge in [0, 0.05) is 0 Å². The van der Waals surface area contributed by atoms with E-state index in [0.717, 1.165) is 11.1 Å². The molecule has 0 aliphatic carbocycles. The number of para-hydroxylation sites is 1. The normalized spacial score (nSPS) is 10.6. The number of anilines is 1. The molecule has 0 heterocycles. The molecule has 96 valence electrons. The van der Waals surface area contributed by atoms with Crippen LogP contribution in [0.1, 0.15) is 21.5 Å². The van der Waals surface area contributed by atoms with Gasteiger partial charge < -0.3 is 5.11 Å². The topological polar surface area (TPSA) is 61.7 Å². The minimum Gasteiger partial charge on any atom is -0.478 e. The van der Waals surface area contributed by atoms with Crippen molar-refractivity contribution in [3.63, 3.8) is 0 Å². The van der Waals surface area contributed by atoms with Gasteiger partial charge in [-0.15, -0.1) is 0 Å². The first-order valence-corrected chi connectivity index (χ1v) is 5.85. The Labute approximate surface area is 111 Å². The van der Waals surface area contributed by atoms with Gasteiger partial charge in [-0.25, -0.2) is 4.79 Å². The van der Waals surface area contributed by atoms with Gasteiger partial charge in [0.05, 0.1) is 17.5 Å². The van der Waals surface area contributed by atoms with Crippen molar-refractivity contribution in [2.75, 3.05) is 5.43 Å². The van der Waals surface area contributed by atoms with Crippen LogP contribution in [0.5, 0.6) is 0 Å². The first-order valence-electron chi connectivity index (χ1n) is 5.85. The van der Waals surface area contributed by atoms with Crippen LogP contribution in [0.25, 0.3) is 0 Å². The summed E-state index contributed by atoms with van der Waals surface area (Å²) < 4.78 is 0. The molecule has 0 radical (unpaired) electrons. The molecule has 0 spiro atoms. The number of aromatic carboxylic acids is 1. The average Bonchev–Trinajstić information content (AvgIpc) is 2.39. The van der Waals surface area contributed by atoms with E-state index in [0.29, 0.717) is 5.69 Å². The van der Waals surface area contributed by atoms with Crippen molar-refractivity contribution in [3.05, 3.63) is 65.2 Å². The molecule has 2 rings (SSSR count). The van der Waals surface area contributed by atoms with Gasteiger partial charge in [0.15, 0.2) is 0 Å². The molecule has 4 nitrogen and oxygen atoms in total. The van der Waals surface area contributed by atoms with E-state index in [4.69, 9.17) is 5.11 Å². The second kappa shape index (κ2) is 5.82. The van der Waals surface area contributed by atoms with Crippen LogP contribution in [0.2, 0.25) is 0 Å². The summed E-state index contributed by atoms with van der Waals surface area (Å²) in [6, 6.07) is 14.5. The number of carboxylic acid groups (broad SMARTS) is 1. The van der Waals surface area contributed by atoms with E-state index in [1.165, 1.54) is 6.07 Å². The summed E-state index contributed by atoms with van der Waals surface area (Å²) in [5.41, 5.74) is 5.53. The van der Waals surface area contributed by atoms with Gasteiger partial charge in [-0.1, -0.05) is 42.0 Å². The highest BCUT2D eigenvalue weighted by Gasteiger charge is 2.07. The summed E-state index contributed by atoms with van der Waals surface area (Å²) in [7, 11) is 0. The molecular weight excluding hydrogens is 240 g/mol. The molecule has 0 amide bonds. The number of carbonyl (C=O) groups is 1. The van der Waals surface area contributed by atoms with Crippen molar-refractivity contribution in [2.45, 2.75) is 6.92 Å². The lowest BCUT2D eigenvalue weighted by Gasteiger charge is -2.04. The Morgan fingerprint density at radius 1 is 1.21 bits per heavy atom. The zero-order valence-electron chi connectivity index (χ0n) is 10.5. The summed E-state index contributed by atoms with van der Waals surface area (Å²) in [5, 5.41) is 13.1. The molecule has 4 heteroatoms. The quantitative estimate of drug-likeness (QED) is 0.651. The summed E-state index contributed by atoms with van der Waals surface area (Å²) in [4.78, 5) is 11.0. The second-order valence-corrected chi connectivity index (χ2v) is 4.13. The van der Waals surface area contributed by atoms with Crippen LogP contribution in [0.4, 0.5) is 5.69 Å². The Kier molecular flexibility index (Phi) is 3.93. The minimum atomic E-state index is -0.978. The lowest BCUT2D eigenvalue weighted by Crippen LogP contribution is -2.02. The Morgan fingerprint density at radius 2 is 2.00 bits per heavy atom. The summed E-state index contributed by atoms with van der Waals surface area (Å²) in [6.07, 6.45) is 1.66. The van der Waals surface area contributed by atoms with Gasteiger partial charge in [-0.2, -0.15) is 5.10 Å². The Balaban J connectivity index is 2.13. The van der Waals surface area contributed by atoms with Crippen LogP contribution in [0.15, 0.2) is 53.6 Å². The molecule has 0 saturated heterocycles. The molecule has 0 aromatic heterocycles. The maximum Gasteiger partial charge on any atom is 0.337 e. The summed E-state index contributed by atoms with van der Waals surface area (Å²) >= 11 is 0. The van der Waals surface area contributed by atoms with Gasteiger partial charge in [0.1, 0.15) is 0 Å². The Bertz CT molecular complexity index is 621. The monoisotopic (exact) mass is 254 g/mol. The molecule has 0 fully saturated rings. The van der Waals surface area contributed by atoms with Crippen LogP contribution < -0.4 is 5.43 Å². The van der Waals surface area contributed by atoms with Crippen molar-refractivity contribution in [1.82, 2.24) is 0 Å². The third-order valence-corrected chi connectivity index (χ3v) is 2.60. The van der Waals surface area contributed by atoms with Gasteiger partial charge in [-0.05, 0) is 24.6 Å². The van der Waals surface area contributed by atoms with Crippen molar-refractivity contribution < 1.29 is 9.90 Å². The number of rotatable bonds is 4. The van der Waals surface area contributed by atoms with E-state index in [1.54, 1.807) is 24.4 Å². The second-order valence-electron chi connectivity index (χ2n) is 4.13. The van der Waals surface area contributed by atoms with E-state index in [1.807, 2.05) is 31.2 Å². The van der Waals surface area contributed by atoms with Crippen LogP contribution in [0, 0.1) is 6.92 Å². The third kappa shape index (κ3) is 3.42. The number of nitrogens with zero attached hydrogens (tertiary/aromatic N) is 1. The fourth-order valence-corrected chi connectivity index (χ4v) is 1.69. The Hall–Kier alpha value is -2.62. The molecule has 0 aliphatic rings. The number of aryl methyl sites for hydroxylation is 1. The number of hydrogen-bond acceptors (Lipinski definition) is 3. The van der Waals surface area contributed by atoms with Crippen molar-refractivity contribution in [1.29, 1.82) is 0 Å². The summed E-state index contributed by atoms with van der Waals surface area (Å²) in [6.45, 7) is 2.00. The lowest BCUT2D eigenvalue weighted by atomic mass is 10.1. The van der Waals surface area contributed by atoms with Crippen molar-refractivity contribution in [3.8, 4) is 0 Å². The lowest BCUT2D eigenvalue weighted by molar-refractivity contribution is 0.0698. The zero-order valence-corrected chi connectivity index (χ0v) is 10.5. The standard InChI is InChI=1S/C15H14N2O2/c1-11-5-4-6-12(9-11)10-16-17-14-8-3-2-7-13(14)15(18)19/h2-10,17H,1H3,(H,18,19)/b16-10-. The molecule has 0 bridgehead atoms. The molecule has 0 unspecified atom stereocenters. The molecule has 2 N–H and O–H groups in total. The Morgan fingerprint density at radius 3 is 2.74 bits per heavy atom. The fraction of sp³-hybridized carbons (Fsp3) is 0.0667. The maximum absolute atomic E-state index is 11.0. The van der Waals surface area contributed by atoms with Crippen LogP contribution in [-0.4, -0.2) is 17.3 Å². The molecule has 0 atom stereocenters. The smallest absolute Gasteiger partial charge is 0.337 e. The minimum absolute atomic E-state index is 0.198. The molecular formula is C15H14N2O2. The maximum atomic E-state index is 11.0. The summed E-state index contributed by atoms with van der Waals surface area (Å²) in [5.74, 6) is -0.978. The molecule has 0 aliphatic heterocycles. The predicted octanol–water partition coefficient (Wildman–Crippen LogP) is 3.14. The van der Waals surface area contributed by atoms with Crippen molar-refractivity contribution in [2.24, 2.45) is 5.10 Å². The highest BCUT2D eigenvalue weighted by molar-refractivity contribution is 5.94. The van der Waals surface area contributed by atoms with Crippen LogP contribution in [0.3, 0.4) is 0 Å². The number of hydrazone groups is 1. The van der Waals surface area contributed by atoms with Crippen LogP contribution in [-0.2, 0) is 0 Å². The van der Waals surface area contributed by atoms with Gasteiger partial charge in [0.25, 0.3) is 0 Å². The molecule has 19 heavy (non-hydrogen) atoms. The van der Waals surface area contributed by atoms with E-state index in [2.05, 4.69) is 10.5 Å². The highest BCUT2D eigenvalue weighted by Crippen LogP contribution is 2.14. The van der Waals surface area contributed by atoms with E-state index < -0.39 is 5.97 Å². The van der Waals surface area contributed by atoms with Gasteiger partial charge in [-0.3, -0.25) is 5.43 Å². The first kappa shape index (κ1) is 12.8. The fourth-order valence-electron chi connectivity index (χ4n) is 1.69. The number of hydrogen-bond donors (Lipinski definition) is 2. The number of carboxylic acids is 1. The van der Waals surface area contributed by atoms with E-state index in [-0.39, 0.29) is 5.56 Å². The third-order valence-electron chi connectivity index (χ3n) is 2.60. The van der Waals surface area contributed by atoms with E-state index >= 15 is 0 Å². The highest BCUT2D eigenvalue weighted by atomic mass is 16.4. The number of benzene rings is 2. The average molecular weight is 254 g/mol. The number of nitrogens with one attached hydrogen (secondary N) is 1. The zero-order chi connectivity index (χ0) is 13.7. The molecule has 2 aromatic rings. The van der Waals surface area contributed by atoms with Crippen molar-refractivity contribution >= 4 is 17.9 Å². The van der Waals surface area contributed by atoms with E-state index in [9.17, 15) is 4.79 Å². The SMILES string of the molecule is Cc1cccc(/C=N\Nc2ccccc2C(=O)O)c1. The van der Waals surface area contributed by atoms with Gasteiger partial charge in [0.2, 0.25) is 0 Å². The molecule has 2 aromatic carbocycles.